The first kappa shape index (κ1) is 19.8. The number of rotatable bonds is 7. The third kappa shape index (κ3) is 4.26. The highest BCUT2D eigenvalue weighted by Crippen LogP contribution is 2.40. The van der Waals surface area contributed by atoms with Crippen LogP contribution in [-0.2, 0) is 4.79 Å². The zero-order valence-corrected chi connectivity index (χ0v) is 17.6. The van der Waals surface area contributed by atoms with E-state index in [9.17, 15) is 4.79 Å². The molecule has 0 saturated heterocycles. The van der Waals surface area contributed by atoms with E-state index in [2.05, 4.69) is 39.7 Å². The Morgan fingerprint density at radius 3 is 2.73 bits per heavy atom. The Bertz CT molecular complexity index is 1170. The SMILES string of the molecule is COc1cccc(NC(=O)CCNc2ncnc3sc(C)c(-c4ccccc4)c23)c1. The number of fused-ring (bicyclic) bond motifs is 1. The standard InChI is InChI=1S/C23H22N4O2S/c1-15-20(16-7-4-3-5-8-16)21-22(25-14-26-23(21)30-15)24-12-11-19(28)27-17-9-6-10-18(13-17)29-2/h3-10,13-14H,11-12H2,1-2H3,(H,27,28)(H,24,25,26). The fourth-order valence-corrected chi connectivity index (χ4v) is 4.36. The van der Waals surface area contributed by atoms with Crippen molar-refractivity contribution in [1.82, 2.24) is 9.97 Å². The zero-order valence-electron chi connectivity index (χ0n) is 16.8. The number of nitrogens with one attached hydrogen (secondary N) is 2. The van der Waals surface area contributed by atoms with Crippen LogP contribution >= 0.6 is 11.3 Å². The van der Waals surface area contributed by atoms with Crippen LogP contribution in [-0.4, -0.2) is 29.5 Å². The van der Waals surface area contributed by atoms with E-state index >= 15 is 0 Å². The number of carbonyl (C=O) groups excluding carboxylic acids is 1. The summed E-state index contributed by atoms with van der Waals surface area (Å²) < 4.78 is 5.19. The van der Waals surface area contributed by atoms with E-state index in [1.165, 1.54) is 4.88 Å². The van der Waals surface area contributed by atoms with Crippen molar-refractivity contribution < 1.29 is 9.53 Å². The Hall–Kier alpha value is -3.45. The number of benzene rings is 2. The van der Waals surface area contributed by atoms with Crippen molar-refractivity contribution in [3.63, 3.8) is 0 Å². The van der Waals surface area contributed by atoms with Crippen molar-refractivity contribution >= 4 is 39.0 Å². The third-order valence-electron chi connectivity index (χ3n) is 4.72. The molecule has 0 aliphatic heterocycles. The summed E-state index contributed by atoms with van der Waals surface area (Å²) >= 11 is 1.65. The lowest BCUT2D eigenvalue weighted by Crippen LogP contribution is -2.16. The minimum atomic E-state index is -0.0779. The molecule has 152 valence electrons. The number of hydrogen-bond donors (Lipinski definition) is 2. The fraction of sp³-hybridized carbons (Fsp3) is 0.174. The molecule has 1 amide bonds. The molecule has 6 nitrogen and oxygen atoms in total. The highest BCUT2D eigenvalue weighted by atomic mass is 32.1. The number of methoxy groups -OCH3 is 1. The molecule has 4 aromatic rings. The highest BCUT2D eigenvalue weighted by molar-refractivity contribution is 7.19. The van der Waals surface area contributed by atoms with Gasteiger partial charge in [0, 0.05) is 35.2 Å². The van der Waals surface area contributed by atoms with Gasteiger partial charge in [0.2, 0.25) is 5.91 Å². The molecule has 4 rings (SSSR count). The molecule has 0 atom stereocenters. The normalized spacial score (nSPS) is 10.7. The number of nitrogens with zero attached hydrogens (tertiary/aromatic N) is 2. The van der Waals surface area contributed by atoms with Gasteiger partial charge in [-0.2, -0.15) is 0 Å². The summed E-state index contributed by atoms with van der Waals surface area (Å²) in [5.41, 5.74) is 2.98. The van der Waals surface area contributed by atoms with Gasteiger partial charge in [0.15, 0.2) is 0 Å². The lowest BCUT2D eigenvalue weighted by atomic mass is 10.0. The second-order valence-electron chi connectivity index (χ2n) is 6.76. The smallest absolute Gasteiger partial charge is 0.226 e. The Balaban J connectivity index is 1.48. The van der Waals surface area contributed by atoms with E-state index in [0.29, 0.717) is 24.4 Å². The molecule has 2 aromatic carbocycles. The van der Waals surface area contributed by atoms with Crippen LogP contribution in [0.25, 0.3) is 21.3 Å². The Kier molecular flexibility index (Phi) is 5.90. The molecule has 2 heterocycles. The van der Waals surface area contributed by atoms with Crippen LogP contribution < -0.4 is 15.4 Å². The van der Waals surface area contributed by atoms with Gasteiger partial charge in [0.25, 0.3) is 0 Å². The predicted molar refractivity (Wildman–Crippen MR) is 122 cm³/mol. The first-order chi connectivity index (χ1) is 14.7. The maximum absolute atomic E-state index is 12.3. The Labute approximate surface area is 179 Å². The van der Waals surface area contributed by atoms with Crippen LogP contribution in [0.2, 0.25) is 0 Å². The number of amides is 1. The number of aryl methyl sites for hydroxylation is 1. The molecule has 0 fully saturated rings. The van der Waals surface area contributed by atoms with Crippen LogP contribution in [0.1, 0.15) is 11.3 Å². The third-order valence-corrected chi connectivity index (χ3v) is 5.74. The topological polar surface area (TPSA) is 76.1 Å². The summed E-state index contributed by atoms with van der Waals surface area (Å²) in [4.78, 5) is 23.3. The minimum absolute atomic E-state index is 0.0779. The van der Waals surface area contributed by atoms with E-state index in [-0.39, 0.29) is 5.91 Å². The van der Waals surface area contributed by atoms with Crippen molar-refractivity contribution in [1.29, 1.82) is 0 Å². The van der Waals surface area contributed by atoms with Gasteiger partial charge < -0.3 is 15.4 Å². The number of ether oxygens (including phenoxy) is 1. The molecule has 0 aliphatic carbocycles. The second kappa shape index (κ2) is 8.92. The van der Waals surface area contributed by atoms with E-state index < -0.39 is 0 Å². The van der Waals surface area contributed by atoms with Gasteiger partial charge >= 0.3 is 0 Å². The average Bonchev–Trinajstić information content (AvgIpc) is 3.11. The zero-order chi connectivity index (χ0) is 20.9. The van der Waals surface area contributed by atoms with Gasteiger partial charge in [0.05, 0.1) is 12.5 Å². The first-order valence-corrected chi connectivity index (χ1v) is 10.4. The summed E-state index contributed by atoms with van der Waals surface area (Å²) in [6.45, 7) is 2.56. The summed E-state index contributed by atoms with van der Waals surface area (Å²) in [5.74, 6) is 1.37. The molecule has 0 saturated carbocycles. The number of anilines is 2. The van der Waals surface area contributed by atoms with E-state index in [0.717, 1.165) is 27.2 Å². The molecule has 0 bridgehead atoms. The van der Waals surface area contributed by atoms with E-state index in [1.54, 1.807) is 30.8 Å². The molecule has 0 spiro atoms. The Morgan fingerprint density at radius 1 is 1.10 bits per heavy atom. The van der Waals surface area contributed by atoms with E-state index in [1.807, 2.05) is 36.4 Å². The summed E-state index contributed by atoms with van der Waals surface area (Å²) in [7, 11) is 1.60. The van der Waals surface area contributed by atoms with Gasteiger partial charge in [-0.25, -0.2) is 9.97 Å². The first-order valence-electron chi connectivity index (χ1n) is 9.63. The van der Waals surface area contributed by atoms with Crippen LogP contribution in [0, 0.1) is 6.92 Å². The van der Waals surface area contributed by atoms with Crippen LogP contribution in [0.15, 0.2) is 60.9 Å². The molecule has 7 heteroatoms. The second-order valence-corrected chi connectivity index (χ2v) is 7.96. The average molecular weight is 419 g/mol. The summed E-state index contributed by atoms with van der Waals surface area (Å²) in [5, 5.41) is 7.21. The van der Waals surface area contributed by atoms with E-state index in [4.69, 9.17) is 4.74 Å². The monoisotopic (exact) mass is 418 g/mol. The van der Waals surface area contributed by atoms with Crippen LogP contribution in [0.4, 0.5) is 11.5 Å². The minimum Gasteiger partial charge on any atom is -0.497 e. The number of thiophene rings is 1. The van der Waals surface area contributed by atoms with Crippen molar-refractivity contribution in [2.24, 2.45) is 0 Å². The van der Waals surface area contributed by atoms with Gasteiger partial charge in [0.1, 0.15) is 22.7 Å². The number of hydrogen-bond acceptors (Lipinski definition) is 6. The molecule has 0 unspecified atom stereocenters. The number of aromatic nitrogens is 2. The molecule has 2 N–H and O–H groups in total. The predicted octanol–water partition coefficient (Wildman–Crippen LogP) is 5.12. The van der Waals surface area contributed by atoms with Crippen molar-refractivity contribution in [3.8, 4) is 16.9 Å². The summed E-state index contributed by atoms with van der Waals surface area (Å²) in [6, 6.07) is 17.5. The van der Waals surface area contributed by atoms with Gasteiger partial charge in [-0.1, -0.05) is 36.4 Å². The van der Waals surface area contributed by atoms with Crippen LogP contribution in [0.5, 0.6) is 5.75 Å². The number of carbonyl (C=O) groups is 1. The van der Waals surface area contributed by atoms with Crippen molar-refractivity contribution in [3.05, 3.63) is 65.8 Å². The summed E-state index contributed by atoms with van der Waals surface area (Å²) in [6.07, 6.45) is 1.87. The molecule has 2 aromatic heterocycles. The molecule has 0 radical (unpaired) electrons. The lowest BCUT2D eigenvalue weighted by molar-refractivity contribution is -0.115. The maximum atomic E-state index is 12.3. The highest BCUT2D eigenvalue weighted by Gasteiger charge is 2.16. The van der Waals surface area contributed by atoms with Gasteiger partial charge in [-0.15, -0.1) is 11.3 Å². The lowest BCUT2D eigenvalue weighted by Gasteiger charge is -2.10. The van der Waals surface area contributed by atoms with Crippen LogP contribution in [0.3, 0.4) is 0 Å². The Morgan fingerprint density at radius 2 is 1.93 bits per heavy atom. The molecular weight excluding hydrogens is 396 g/mol. The molecule has 0 aliphatic rings. The molecular formula is C23H22N4O2S. The maximum Gasteiger partial charge on any atom is 0.226 e. The molecule has 30 heavy (non-hydrogen) atoms. The quantitative estimate of drug-likeness (QED) is 0.436. The van der Waals surface area contributed by atoms with Crippen molar-refractivity contribution in [2.75, 3.05) is 24.3 Å². The van der Waals surface area contributed by atoms with Crippen molar-refractivity contribution in [2.45, 2.75) is 13.3 Å². The van der Waals surface area contributed by atoms with Gasteiger partial charge in [-0.05, 0) is 24.6 Å². The van der Waals surface area contributed by atoms with Gasteiger partial charge in [-0.3, -0.25) is 4.79 Å². The fourth-order valence-electron chi connectivity index (χ4n) is 3.35. The largest absolute Gasteiger partial charge is 0.497 e.